The summed E-state index contributed by atoms with van der Waals surface area (Å²) in [6.07, 6.45) is 0.675. The van der Waals surface area contributed by atoms with Gasteiger partial charge in [0, 0.05) is 9.50 Å². The van der Waals surface area contributed by atoms with Gasteiger partial charge in [-0.3, -0.25) is 0 Å². The predicted molar refractivity (Wildman–Crippen MR) is 91.0 cm³/mol. The molecule has 0 saturated carbocycles. The molecule has 0 bridgehead atoms. The molecule has 21 heavy (non-hydrogen) atoms. The Hall–Kier alpha value is -0.900. The van der Waals surface area contributed by atoms with Crippen molar-refractivity contribution < 1.29 is 9.47 Å². The first-order valence-electron chi connectivity index (χ1n) is 6.34. The Balaban J connectivity index is 2.20. The standard InChI is InChI=1S/C16H15BrCl2O2/c1-20-15-4-3-10(6-16(15)21-2)5-14(19)11-7-12(17)9-13(18)8-11/h3-4,6-9,14H,5H2,1-2H3. The van der Waals surface area contributed by atoms with Crippen LogP contribution in [-0.4, -0.2) is 14.2 Å². The third-order valence-corrected chi connectivity index (χ3v) is 4.19. The quantitative estimate of drug-likeness (QED) is 0.615. The van der Waals surface area contributed by atoms with E-state index in [-0.39, 0.29) is 5.38 Å². The van der Waals surface area contributed by atoms with Gasteiger partial charge in [-0.15, -0.1) is 11.6 Å². The van der Waals surface area contributed by atoms with Crippen LogP contribution in [0.15, 0.2) is 40.9 Å². The number of alkyl halides is 1. The molecule has 0 N–H and O–H groups in total. The lowest BCUT2D eigenvalue weighted by molar-refractivity contribution is 0.354. The second-order valence-electron chi connectivity index (χ2n) is 4.56. The maximum atomic E-state index is 6.50. The van der Waals surface area contributed by atoms with Crippen molar-refractivity contribution in [1.82, 2.24) is 0 Å². The first-order chi connectivity index (χ1) is 10.0. The molecule has 2 nitrogen and oxygen atoms in total. The highest BCUT2D eigenvalue weighted by Crippen LogP contribution is 2.33. The molecule has 2 aromatic carbocycles. The Morgan fingerprint density at radius 2 is 1.76 bits per heavy atom. The molecule has 2 rings (SSSR count). The molecular formula is C16H15BrCl2O2. The minimum Gasteiger partial charge on any atom is -0.493 e. The van der Waals surface area contributed by atoms with Gasteiger partial charge >= 0.3 is 0 Å². The predicted octanol–water partition coefficient (Wildman–Crippen LogP) is 5.64. The number of ether oxygens (including phenoxy) is 2. The van der Waals surface area contributed by atoms with E-state index in [0.717, 1.165) is 15.6 Å². The monoisotopic (exact) mass is 388 g/mol. The maximum absolute atomic E-state index is 6.50. The topological polar surface area (TPSA) is 18.5 Å². The van der Waals surface area contributed by atoms with Crippen LogP contribution in [0, 0.1) is 0 Å². The van der Waals surface area contributed by atoms with Crippen LogP contribution in [0.25, 0.3) is 0 Å². The summed E-state index contributed by atoms with van der Waals surface area (Å²) in [5, 5.41) is 0.496. The molecule has 0 aromatic heterocycles. The van der Waals surface area contributed by atoms with Gasteiger partial charge < -0.3 is 9.47 Å². The van der Waals surface area contributed by atoms with Gasteiger partial charge in [-0.25, -0.2) is 0 Å². The van der Waals surface area contributed by atoms with E-state index in [1.54, 1.807) is 14.2 Å². The lowest BCUT2D eigenvalue weighted by Crippen LogP contribution is -1.98. The van der Waals surface area contributed by atoms with Crippen molar-refractivity contribution in [2.75, 3.05) is 14.2 Å². The summed E-state index contributed by atoms with van der Waals surface area (Å²) in [6, 6.07) is 11.5. The molecule has 112 valence electrons. The second kappa shape index (κ2) is 7.39. The first kappa shape index (κ1) is 16.5. The van der Waals surface area contributed by atoms with Gasteiger partial charge in [-0.2, -0.15) is 0 Å². The maximum Gasteiger partial charge on any atom is 0.160 e. The van der Waals surface area contributed by atoms with E-state index in [2.05, 4.69) is 15.9 Å². The zero-order valence-corrected chi connectivity index (χ0v) is 14.8. The Labute approximate surface area is 143 Å². The fourth-order valence-electron chi connectivity index (χ4n) is 2.09. The fraction of sp³-hybridized carbons (Fsp3) is 0.250. The van der Waals surface area contributed by atoms with Gasteiger partial charge in [0.2, 0.25) is 0 Å². The number of rotatable bonds is 5. The van der Waals surface area contributed by atoms with Gasteiger partial charge in [0.25, 0.3) is 0 Å². The summed E-state index contributed by atoms with van der Waals surface area (Å²) < 4.78 is 11.5. The van der Waals surface area contributed by atoms with Crippen LogP contribution in [-0.2, 0) is 6.42 Å². The smallest absolute Gasteiger partial charge is 0.160 e. The van der Waals surface area contributed by atoms with Gasteiger partial charge in [-0.1, -0.05) is 33.6 Å². The van der Waals surface area contributed by atoms with Crippen LogP contribution < -0.4 is 9.47 Å². The largest absolute Gasteiger partial charge is 0.493 e. The van der Waals surface area contributed by atoms with Gasteiger partial charge in [0.15, 0.2) is 11.5 Å². The molecule has 5 heteroatoms. The van der Waals surface area contributed by atoms with Crippen LogP contribution >= 0.6 is 39.1 Å². The minimum atomic E-state index is -0.168. The first-order valence-corrected chi connectivity index (χ1v) is 7.95. The molecular weight excluding hydrogens is 375 g/mol. The van der Waals surface area contributed by atoms with Crippen molar-refractivity contribution >= 4 is 39.1 Å². The molecule has 0 aliphatic rings. The molecule has 0 aliphatic carbocycles. The van der Waals surface area contributed by atoms with E-state index in [9.17, 15) is 0 Å². The van der Waals surface area contributed by atoms with Crippen LogP contribution in [0.3, 0.4) is 0 Å². The van der Waals surface area contributed by atoms with E-state index in [1.807, 2.05) is 36.4 Å². The number of halogens is 3. The molecule has 0 amide bonds. The van der Waals surface area contributed by atoms with E-state index < -0.39 is 0 Å². The lowest BCUT2D eigenvalue weighted by Gasteiger charge is -2.13. The molecule has 0 spiro atoms. The van der Waals surface area contributed by atoms with Crippen molar-refractivity contribution in [3.8, 4) is 11.5 Å². The summed E-state index contributed by atoms with van der Waals surface area (Å²) >= 11 is 16.0. The van der Waals surface area contributed by atoms with E-state index in [4.69, 9.17) is 32.7 Å². The van der Waals surface area contributed by atoms with Gasteiger partial charge in [0.1, 0.15) is 0 Å². The van der Waals surface area contributed by atoms with E-state index >= 15 is 0 Å². The average molecular weight is 390 g/mol. The molecule has 0 aliphatic heterocycles. The van der Waals surface area contributed by atoms with Crippen molar-refractivity contribution in [1.29, 1.82) is 0 Å². The normalized spacial score (nSPS) is 12.0. The number of benzene rings is 2. The summed E-state index contributed by atoms with van der Waals surface area (Å²) in [5.41, 5.74) is 2.05. The second-order valence-corrected chi connectivity index (χ2v) is 6.44. The molecule has 1 unspecified atom stereocenters. The zero-order chi connectivity index (χ0) is 15.4. The van der Waals surface area contributed by atoms with Gasteiger partial charge in [-0.05, 0) is 47.9 Å². The average Bonchev–Trinajstić information content (AvgIpc) is 2.46. The van der Waals surface area contributed by atoms with Crippen molar-refractivity contribution in [2.24, 2.45) is 0 Å². The van der Waals surface area contributed by atoms with Crippen molar-refractivity contribution in [3.05, 3.63) is 57.0 Å². The summed E-state index contributed by atoms with van der Waals surface area (Å²) in [5.74, 6) is 1.41. The van der Waals surface area contributed by atoms with Crippen LogP contribution in [0.4, 0.5) is 0 Å². The SMILES string of the molecule is COc1ccc(CC(Cl)c2cc(Cl)cc(Br)c2)cc1OC. The number of hydrogen-bond acceptors (Lipinski definition) is 2. The fourth-order valence-corrected chi connectivity index (χ4v) is 3.28. The molecule has 0 fully saturated rings. The summed E-state index contributed by atoms with van der Waals surface area (Å²) in [4.78, 5) is 0. The van der Waals surface area contributed by atoms with Crippen LogP contribution in [0.2, 0.25) is 5.02 Å². The third kappa shape index (κ3) is 4.29. The Morgan fingerprint density at radius 1 is 1.05 bits per heavy atom. The van der Waals surface area contributed by atoms with Crippen molar-refractivity contribution in [3.63, 3.8) is 0 Å². The lowest BCUT2D eigenvalue weighted by atomic mass is 10.0. The van der Waals surface area contributed by atoms with E-state index in [1.165, 1.54) is 0 Å². The summed E-state index contributed by atoms with van der Waals surface area (Å²) in [6.45, 7) is 0. The highest BCUT2D eigenvalue weighted by atomic mass is 79.9. The number of methoxy groups -OCH3 is 2. The third-order valence-electron chi connectivity index (χ3n) is 3.11. The number of hydrogen-bond donors (Lipinski definition) is 0. The van der Waals surface area contributed by atoms with Gasteiger partial charge in [0.05, 0.1) is 19.6 Å². The molecule has 0 radical (unpaired) electrons. The highest BCUT2D eigenvalue weighted by molar-refractivity contribution is 9.10. The van der Waals surface area contributed by atoms with E-state index in [0.29, 0.717) is 22.9 Å². The van der Waals surface area contributed by atoms with Crippen LogP contribution in [0.1, 0.15) is 16.5 Å². The Kier molecular flexibility index (Phi) is 5.80. The zero-order valence-electron chi connectivity index (χ0n) is 11.7. The van der Waals surface area contributed by atoms with Crippen LogP contribution in [0.5, 0.6) is 11.5 Å². The highest BCUT2D eigenvalue weighted by Gasteiger charge is 2.12. The van der Waals surface area contributed by atoms with Crippen molar-refractivity contribution in [2.45, 2.75) is 11.8 Å². The Bertz CT molecular complexity index is 611. The molecule has 2 aromatic rings. The molecule has 0 saturated heterocycles. The Morgan fingerprint density at radius 3 is 2.38 bits per heavy atom. The minimum absolute atomic E-state index is 0.168. The molecule has 1 atom stereocenters. The summed E-state index contributed by atoms with van der Waals surface area (Å²) in [7, 11) is 3.24. The molecule has 0 heterocycles.